The highest BCUT2D eigenvalue weighted by molar-refractivity contribution is 5.60. The Bertz CT molecular complexity index is 1130. The Morgan fingerprint density at radius 1 is 0.718 bits per heavy atom. The van der Waals surface area contributed by atoms with E-state index in [2.05, 4.69) is 68.5 Å². The SMILES string of the molecule is CC(C)=Cc1ccccc1C(c1ccc(OCCOCC2CO2)cc1)c1ccc(OCCOCC2CO2)cc1. The zero-order chi connectivity index (χ0) is 26.9. The molecule has 2 heterocycles. The van der Waals surface area contributed by atoms with Crippen LogP contribution < -0.4 is 9.47 Å². The van der Waals surface area contributed by atoms with E-state index in [4.69, 9.17) is 28.4 Å². The Kier molecular flexibility index (Phi) is 9.67. The van der Waals surface area contributed by atoms with E-state index in [0.29, 0.717) is 39.6 Å². The van der Waals surface area contributed by atoms with Crippen molar-refractivity contribution in [2.45, 2.75) is 32.0 Å². The van der Waals surface area contributed by atoms with E-state index in [-0.39, 0.29) is 18.1 Å². The van der Waals surface area contributed by atoms with Crippen molar-refractivity contribution < 1.29 is 28.4 Å². The lowest BCUT2D eigenvalue weighted by Crippen LogP contribution is -2.10. The molecular weight excluding hydrogens is 492 g/mol. The summed E-state index contributed by atoms with van der Waals surface area (Å²) < 4.78 is 33.3. The molecule has 206 valence electrons. The zero-order valence-electron chi connectivity index (χ0n) is 22.8. The normalized spacial score (nSPS) is 18.3. The van der Waals surface area contributed by atoms with Crippen LogP contribution in [0.4, 0.5) is 0 Å². The number of benzene rings is 3. The van der Waals surface area contributed by atoms with Crippen LogP contribution in [0, 0.1) is 0 Å². The zero-order valence-corrected chi connectivity index (χ0v) is 22.8. The Morgan fingerprint density at radius 2 is 1.21 bits per heavy atom. The van der Waals surface area contributed by atoms with Crippen molar-refractivity contribution in [1.82, 2.24) is 0 Å². The van der Waals surface area contributed by atoms with E-state index in [0.717, 1.165) is 24.7 Å². The quantitative estimate of drug-likeness (QED) is 0.131. The van der Waals surface area contributed by atoms with Crippen LogP contribution in [0.3, 0.4) is 0 Å². The van der Waals surface area contributed by atoms with Crippen LogP contribution >= 0.6 is 0 Å². The van der Waals surface area contributed by atoms with Gasteiger partial charge in [0.25, 0.3) is 0 Å². The van der Waals surface area contributed by atoms with Crippen molar-refractivity contribution in [1.29, 1.82) is 0 Å². The lowest BCUT2D eigenvalue weighted by molar-refractivity contribution is 0.0878. The van der Waals surface area contributed by atoms with Gasteiger partial charge in [0.15, 0.2) is 0 Å². The van der Waals surface area contributed by atoms with Crippen molar-refractivity contribution in [3.63, 3.8) is 0 Å². The highest BCUT2D eigenvalue weighted by atomic mass is 16.6. The van der Waals surface area contributed by atoms with Crippen molar-refractivity contribution in [2.75, 3.05) is 52.9 Å². The van der Waals surface area contributed by atoms with E-state index in [1.54, 1.807) is 0 Å². The fourth-order valence-corrected chi connectivity index (χ4v) is 4.48. The van der Waals surface area contributed by atoms with Gasteiger partial charge >= 0.3 is 0 Å². The molecular formula is C33H38O6. The Hall–Kier alpha value is -3.16. The molecule has 2 atom stereocenters. The molecule has 0 aliphatic carbocycles. The molecule has 5 rings (SSSR count). The van der Waals surface area contributed by atoms with Gasteiger partial charge in [0.1, 0.15) is 36.9 Å². The van der Waals surface area contributed by atoms with Gasteiger partial charge in [0.2, 0.25) is 0 Å². The molecule has 6 nitrogen and oxygen atoms in total. The van der Waals surface area contributed by atoms with Crippen LogP contribution in [0.15, 0.2) is 78.4 Å². The first kappa shape index (κ1) is 27.4. The van der Waals surface area contributed by atoms with E-state index in [9.17, 15) is 0 Å². The minimum atomic E-state index is 0.0589. The first-order valence-corrected chi connectivity index (χ1v) is 13.7. The van der Waals surface area contributed by atoms with Crippen molar-refractivity contribution in [3.8, 4) is 11.5 Å². The molecule has 2 aliphatic rings. The van der Waals surface area contributed by atoms with Crippen molar-refractivity contribution >= 4 is 6.08 Å². The highest BCUT2D eigenvalue weighted by Gasteiger charge is 2.23. The smallest absolute Gasteiger partial charge is 0.119 e. The molecule has 0 amide bonds. The summed E-state index contributed by atoms with van der Waals surface area (Å²) in [7, 11) is 0. The van der Waals surface area contributed by atoms with Gasteiger partial charge in [-0.25, -0.2) is 0 Å². The number of hydrogen-bond donors (Lipinski definition) is 0. The van der Waals surface area contributed by atoms with Gasteiger partial charge < -0.3 is 28.4 Å². The molecule has 0 radical (unpaired) electrons. The number of rotatable bonds is 16. The van der Waals surface area contributed by atoms with Crippen LogP contribution in [0.2, 0.25) is 0 Å². The second-order valence-electron chi connectivity index (χ2n) is 10.2. The van der Waals surface area contributed by atoms with Gasteiger partial charge in [-0.1, -0.05) is 60.2 Å². The van der Waals surface area contributed by atoms with Crippen LogP contribution in [0.1, 0.15) is 42.0 Å². The van der Waals surface area contributed by atoms with E-state index < -0.39 is 0 Å². The fourth-order valence-electron chi connectivity index (χ4n) is 4.48. The molecule has 2 fully saturated rings. The average Bonchev–Trinajstić information content (AvgIpc) is 3.87. The Labute approximate surface area is 231 Å². The molecule has 2 unspecified atom stereocenters. The highest BCUT2D eigenvalue weighted by Crippen LogP contribution is 2.36. The summed E-state index contributed by atoms with van der Waals surface area (Å²) >= 11 is 0. The van der Waals surface area contributed by atoms with E-state index >= 15 is 0 Å². The third-order valence-electron chi connectivity index (χ3n) is 6.58. The van der Waals surface area contributed by atoms with Gasteiger partial charge in [-0.3, -0.25) is 0 Å². The summed E-state index contributed by atoms with van der Waals surface area (Å²) in [5.74, 6) is 1.73. The summed E-state index contributed by atoms with van der Waals surface area (Å²) in [5.41, 5.74) is 6.13. The van der Waals surface area contributed by atoms with Gasteiger partial charge in [0, 0.05) is 5.92 Å². The van der Waals surface area contributed by atoms with Gasteiger partial charge in [-0.05, 0) is 60.4 Å². The van der Waals surface area contributed by atoms with E-state index in [1.807, 2.05) is 24.3 Å². The topological polar surface area (TPSA) is 62.0 Å². The maximum absolute atomic E-state index is 5.91. The van der Waals surface area contributed by atoms with Crippen molar-refractivity contribution in [2.24, 2.45) is 0 Å². The standard InChI is InChI=1S/C33H38O6/c1-24(2)19-27-5-3-4-6-32(27)33(25-7-11-28(12-8-25)36-17-15-34-20-30-22-38-30)26-9-13-29(14-10-26)37-18-16-35-21-31-23-39-31/h3-14,19,30-31,33H,15-18,20-23H2,1-2H3. The molecule has 0 spiro atoms. The van der Waals surface area contributed by atoms with Gasteiger partial charge in [-0.2, -0.15) is 0 Å². The lowest BCUT2D eigenvalue weighted by atomic mass is 9.82. The van der Waals surface area contributed by atoms with Crippen molar-refractivity contribution in [3.05, 3.63) is 101 Å². The van der Waals surface area contributed by atoms with Gasteiger partial charge in [-0.15, -0.1) is 0 Å². The number of hydrogen-bond acceptors (Lipinski definition) is 6. The molecule has 0 bridgehead atoms. The molecule has 39 heavy (non-hydrogen) atoms. The molecule has 0 aromatic heterocycles. The molecule has 2 aliphatic heterocycles. The first-order chi connectivity index (χ1) is 19.2. The van der Waals surface area contributed by atoms with Crippen LogP contribution in [-0.4, -0.2) is 65.1 Å². The molecule has 0 N–H and O–H groups in total. The van der Waals surface area contributed by atoms with Crippen LogP contribution in [0.25, 0.3) is 6.08 Å². The van der Waals surface area contributed by atoms with Crippen LogP contribution in [-0.2, 0) is 18.9 Å². The average molecular weight is 531 g/mol. The Balaban J connectivity index is 1.29. The minimum absolute atomic E-state index is 0.0589. The minimum Gasteiger partial charge on any atom is -0.491 e. The molecule has 3 aromatic rings. The molecule has 0 saturated carbocycles. The third-order valence-corrected chi connectivity index (χ3v) is 6.58. The fraction of sp³-hybridized carbons (Fsp3) is 0.394. The Morgan fingerprint density at radius 3 is 1.67 bits per heavy atom. The predicted molar refractivity (Wildman–Crippen MR) is 152 cm³/mol. The summed E-state index contributed by atoms with van der Waals surface area (Å²) in [5, 5.41) is 0. The monoisotopic (exact) mass is 530 g/mol. The number of epoxide rings is 2. The number of ether oxygens (including phenoxy) is 6. The summed E-state index contributed by atoms with van der Waals surface area (Å²) in [4.78, 5) is 0. The number of allylic oxidation sites excluding steroid dienone is 1. The summed E-state index contributed by atoms with van der Waals surface area (Å²) in [6, 6.07) is 25.4. The second kappa shape index (κ2) is 13.8. The molecule has 3 aromatic carbocycles. The summed E-state index contributed by atoms with van der Waals surface area (Å²) in [6.45, 7) is 9.29. The molecule has 6 heteroatoms. The molecule has 2 saturated heterocycles. The van der Waals surface area contributed by atoms with Gasteiger partial charge in [0.05, 0.1) is 39.6 Å². The van der Waals surface area contributed by atoms with Crippen LogP contribution in [0.5, 0.6) is 11.5 Å². The van der Waals surface area contributed by atoms with E-state index in [1.165, 1.54) is 27.8 Å². The summed E-state index contributed by atoms with van der Waals surface area (Å²) in [6.07, 6.45) is 2.80. The third kappa shape index (κ3) is 8.67. The predicted octanol–water partition coefficient (Wildman–Crippen LogP) is 5.88. The lowest BCUT2D eigenvalue weighted by Gasteiger charge is -2.22. The largest absolute Gasteiger partial charge is 0.491 e. The maximum Gasteiger partial charge on any atom is 0.119 e. The second-order valence-corrected chi connectivity index (χ2v) is 10.2. The first-order valence-electron chi connectivity index (χ1n) is 13.7. The maximum atomic E-state index is 5.91.